The Morgan fingerprint density at radius 1 is 0.736 bits per heavy atom. The van der Waals surface area contributed by atoms with Crippen molar-refractivity contribution in [3.05, 3.63) is 111 Å². The van der Waals surface area contributed by atoms with Gasteiger partial charge in [-0.15, -0.1) is 0 Å². The average Bonchev–Trinajstić information content (AvgIpc) is 3.11. The lowest BCUT2D eigenvalue weighted by Gasteiger charge is -2.41. The Kier molecular flexibility index (Phi) is 10.6. The quantitative estimate of drug-likeness (QED) is 0.0893. The first-order chi connectivity index (χ1) is 25.3. The minimum absolute atomic E-state index is 0.0250. The van der Waals surface area contributed by atoms with E-state index >= 15 is 0 Å². The maximum absolute atomic E-state index is 14.0. The molecule has 0 bridgehead atoms. The summed E-state index contributed by atoms with van der Waals surface area (Å²) < 4.78 is 28.9. The molecule has 1 fully saturated rings. The molecule has 1 aromatic heterocycles. The average molecular weight is 729 g/mol. The highest BCUT2D eigenvalue weighted by molar-refractivity contribution is 5.88. The second-order valence-electron chi connectivity index (χ2n) is 12.7. The zero-order valence-corrected chi connectivity index (χ0v) is 28.5. The smallest absolute Gasteiger partial charge is 0.310 e. The third kappa shape index (κ3) is 8.20. The van der Waals surface area contributed by atoms with E-state index in [-0.39, 0.29) is 24.0 Å². The number of aliphatic hydroxyl groups is 2. The van der Waals surface area contributed by atoms with E-state index in [2.05, 4.69) is 0 Å². The van der Waals surface area contributed by atoms with Gasteiger partial charge in [0.2, 0.25) is 17.5 Å². The van der Waals surface area contributed by atoms with Gasteiger partial charge in [-0.25, -0.2) is 0 Å². The zero-order chi connectivity index (χ0) is 38.0. The summed E-state index contributed by atoms with van der Waals surface area (Å²) in [5, 5.41) is 62.9. The number of benzene rings is 4. The van der Waals surface area contributed by atoms with E-state index < -0.39 is 94.6 Å². The van der Waals surface area contributed by atoms with Gasteiger partial charge < -0.3 is 54.0 Å². The summed E-state index contributed by atoms with van der Waals surface area (Å²) in [5.74, 6) is -4.82. The summed E-state index contributed by atoms with van der Waals surface area (Å²) in [4.78, 5) is 40.0. The van der Waals surface area contributed by atoms with Crippen LogP contribution in [0.3, 0.4) is 0 Å². The summed E-state index contributed by atoms with van der Waals surface area (Å²) in [6, 6.07) is 19.5. The molecule has 0 amide bonds. The highest BCUT2D eigenvalue weighted by atomic mass is 16.7. The number of aromatic hydroxyl groups is 4. The van der Waals surface area contributed by atoms with Gasteiger partial charge in [0.25, 0.3) is 0 Å². The number of ether oxygens (including phenoxy) is 4. The number of carbonyl (C=O) groups is 2. The van der Waals surface area contributed by atoms with Crippen molar-refractivity contribution < 1.29 is 63.6 Å². The third-order valence-electron chi connectivity index (χ3n) is 8.65. The predicted molar refractivity (Wildman–Crippen MR) is 186 cm³/mol. The SMILES string of the molecule is Cc1ccc(CC(=O)OC[C@H]2O[C@@H](Oc3c(-c4ccc(O)c(O)c4)oc4cc(O)cc(O)c4c3=O)[C@H](OC(=O)Cc3ccc(C)cc3)[C@@H](O)[C@H]2O)cc1. The van der Waals surface area contributed by atoms with Crippen LogP contribution in [0, 0.1) is 13.8 Å². The Bertz CT molecular complexity index is 2190. The van der Waals surface area contributed by atoms with Gasteiger partial charge in [0, 0.05) is 17.7 Å². The minimum Gasteiger partial charge on any atom is -0.508 e. The van der Waals surface area contributed by atoms with Crippen molar-refractivity contribution >= 4 is 22.9 Å². The minimum atomic E-state index is -1.91. The molecule has 276 valence electrons. The van der Waals surface area contributed by atoms with Crippen LogP contribution in [0.25, 0.3) is 22.3 Å². The highest BCUT2D eigenvalue weighted by Crippen LogP contribution is 2.39. The Labute approximate surface area is 301 Å². The zero-order valence-electron chi connectivity index (χ0n) is 28.5. The lowest BCUT2D eigenvalue weighted by Crippen LogP contribution is -2.61. The number of phenols is 4. The normalized spacial score (nSPS) is 19.8. The van der Waals surface area contributed by atoms with Crippen LogP contribution >= 0.6 is 0 Å². The molecular weight excluding hydrogens is 692 g/mol. The van der Waals surface area contributed by atoms with E-state index in [0.29, 0.717) is 11.1 Å². The molecule has 4 aromatic carbocycles. The molecule has 53 heavy (non-hydrogen) atoms. The van der Waals surface area contributed by atoms with Gasteiger partial charge in [-0.1, -0.05) is 59.7 Å². The number of rotatable bonds is 10. The number of aliphatic hydroxyl groups excluding tert-OH is 2. The Morgan fingerprint density at radius 2 is 1.36 bits per heavy atom. The number of carbonyl (C=O) groups excluding carboxylic acids is 2. The number of fused-ring (bicyclic) bond motifs is 1. The van der Waals surface area contributed by atoms with Crippen LogP contribution in [-0.2, 0) is 36.6 Å². The molecule has 0 spiro atoms. The molecule has 0 saturated carbocycles. The number of aryl methyl sites for hydroxylation is 2. The second kappa shape index (κ2) is 15.3. The molecule has 14 heteroatoms. The second-order valence-corrected chi connectivity index (χ2v) is 12.7. The van der Waals surface area contributed by atoms with Gasteiger partial charge in [0.1, 0.15) is 47.4 Å². The first-order valence-electron chi connectivity index (χ1n) is 16.5. The predicted octanol–water partition coefficient (Wildman–Crippen LogP) is 3.67. The maximum Gasteiger partial charge on any atom is 0.310 e. The summed E-state index contributed by atoms with van der Waals surface area (Å²) >= 11 is 0. The molecule has 6 rings (SSSR count). The van der Waals surface area contributed by atoms with Crippen molar-refractivity contribution in [2.24, 2.45) is 0 Å². The van der Waals surface area contributed by atoms with Crippen molar-refractivity contribution in [3.8, 4) is 40.1 Å². The molecule has 1 aliphatic heterocycles. The van der Waals surface area contributed by atoms with E-state index in [1.54, 1.807) is 36.4 Å². The fourth-order valence-electron chi connectivity index (χ4n) is 5.77. The first-order valence-corrected chi connectivity index (χ1v) is 16.5. The van der Waals surface area contributed by atoms with Gasteiger partial charge in [0.05, 0.1) is 12.8 Å². The van der Waals surface area contributed by atoms with Crippen molar-refractivity contribution in [2.75, 3.05) is 6.61 Å². The third-order valence-corrected chi connectivity index (χ3v) is 8.65. The molecule has 0 unspecified atom stereocenters. The summed E-state index contributed by atoms with van der Waals surface area (Å²) in [6.07, 6.45) is -9.18. The Morgan fingerprint density at radius 3 is 1.98 bits per heavy atom. The van der Waals surface area contributed by atoms with Gasteiger partial charge in [-0.05, 0) is 43.2 Å². The van der Waals surface area contributed by atoms with Crippen LogP contribution < -0.4 is 10.2 Å². The number of hydrogen-bond acceptors (Lipinski definition) is 14. The van der Waals surface area contributed by atoms with Crippen molar-refractivity contribution in [3.63, 3.8) is 0 Å². The lowest BCUT2D eigenvalue weighted by molar-refractivity contribution is -0.283. The topological polar surface area (TPSA) is 223 Å². The molecule has 5 atom stereocenters. The Hall–Kier alpha value is -6.09. The van der Waals surface area contributed by atoms with Crippen LogP contribution in [0.1, 0.15) is 22.3 Å². The van der Waals surface area contributed by atoms with Crippen LogP contribution in [-0.4, -0.2) is 79.9 Å². The van der Waals surface area contributed by atoms with Crippen molar-refractivity contribution in [1.29, 1.82) is 0 Å². The van der Waals surface area contributed by atoms with Crippen LogP contribution in [0.15, 0.2) is 88.1 Å². The van der Waals surface area contributed by atoms with Crippen LogP contribution in [0.4, 0.5) is 0 Å². The first kappa shape index (κ1) is 36.7. The summed E-state index contributed by atoms with van der Waals surface area (Å²) in [6.45, 7) is 3.18. The summed E-state index contributed by atoms with van der Waals surface area (Å²) in [5.41, 5.74) is 1.86. The summed E-state index contributed by atoms with van der Waals surface area (Å²) in [7, 11) is 0. The molecule has 0 aliphatic carbocycles. The van der Waals surface area contributed by atoms with Crippen molar-refractivity contribution in [1.82, 2.24) is 0 Å². The standard InChI is InChI=1S/C39H36O14/c1-19-3-7-21(8-4-19)13-30(44)49-18-29-33(46)35(48)38(52-31(45)14-22-9-5-20(2)6-10-22)39(51-29)53-37-34(47)32-27(43)16-24(40)17-28(32)50-36(37)23-11-12-25(41)26(42)15-23/h3-12,15-17,29,33,35,38-43,46,48H,13-14,18H2,1-2H3/t29-,33+,35+,38-,39+/m1/s1. The number of hydrogen-bond donors (Lipinski definition) is 6. The molecule has 0 radical (unpaired) electrons. The van der Waals surface area contributed by atoms with E-state index in [4.69, 9.17) is 23.4 Å². The largest absolute Gasteiger partial charge is 0.508 e. The van der Waals surface area contributed by atoms with Crippen LogP contribution in [0.2, 0.25) is 0 Å². The number of phenolic OH excluding ortho intramolecular Hbond substituents is 4. The maximum atomic E-state index is 14.0. The Balaban J connectivity index is 1.36. The van der Waals surface area contributed by atoms with Gasteiger partial charge >= 0.3 is 11.9 Å². The van der Waals surface area contributed by atoms with E-state index in [1.807, 2.05) is 26.0 Å². The van der Waals surface area contributed by atoms with E-state index in [0.717, 1.165) is 35.4 Å². The molecule has 6 N–H and O–H groups in total. The monoisotopic (exact) mass is 728 g/mol. The molecule has 1 aliphatic rings. The molecule has 1 saturated heterocycles. The fourth-order valence-corrected chi connectivity index (χ4v) is 5.77. The molecule has 14 nitrogen and oxygen atoms in total. The highest BCUT2D eigenvalue weighted by Gasteiger charge is 2.49. The van der Waals surface area contributed by atoms with E-state index in [9.17, 15) is 45.0 Å². The van der Waals surface area contributed by atoms with Gasteiger partial charge in [-0.2, -0.15) is 0 Å². The van der Waals surface area contributed by atoms with Crippen LogP contribution in [0.5, 0.6) is 28.7 Å². The van der Waals surface area contributed by atoms with Gasteiger partial charge in [-0.3, -0.25) is 14.4 Å². The van der Waals surface area contributed by atoms with E-state index in [1.165, 1.54) is 6.07 Å². The molecule has 2 heterocycles. The molecule has 5 aromatic rings. The molecular formula is C39H36O14. The number of esters is 2. The lowest BCUT2D eigenvalue weighted by atomic mass is 9.98. The van der Waals surface area contributed by atoms with Crippen molar-refractivity contribution in [2.45, 2.75) is 57.4 Å². The fraction of sp³-hybridized carbons (Fsp3) is 0.256. The van der Waals surface area contributed by atoms with Gasteiger partial charge in [0.15, 0.2) is 23.4 Å².